The third-order valence-electron chi connectivity index (χ3n) is 4.31. The fourth-order valence-corrected chi connectivity index (χ4v) is 4.06. The van der Waals surface area contributed by atoms with Crippen molar-refractivity contribution in [1.82, 2.24) is 15.5 Å². The van der Waals surface area contributed by atoms with Crippen LogP contribution in [0.5, 0.6) is 0 Å². The Hall–Kier alpha value is -2.38. The summed E-state index contributed by atoms with van der Waals surface area (Å²) in [6.45, 7) is 5.94. The van der Waals surface area contributed by atoms with Gasteiger partial charge >= 0.3 is 0 Å². The molecular weight excluding hydrogens is 336 g/mol. The molecule has 0 aliphatic carbocycles. The number of carbonyl (C=O) groups is 1. The summed E-state index contributed by atoms with van der Waals surface area (Å²) in [5.74, 6) is -0.0364. The minimum absolute atomic E-state index is 0.0364. The van der Waals surface area contributed by atoms with E-state index in [1.165, 1.54) is 17.0 Å². The Morgan fingerprint density at radius 1 is 1.32 bits per heavy atom. The van der Waals surface area contributed by atoms with Gasteiger partial charge in [0.05, 0.1) is 28.3 Å². The van der Waals surface area contributed by atoms with Crippen molar-refractivity contribution >= 4 is 33.1 Å². The van der Waals surface area contributed by atoms with Crippen LogP contribution in [0, 0.1) is 0 Å². The number of nitrogens with one attached hydrogen (secondary N) is 2. The fourth-order valence-electron chi connectivity index (χ4n) is 3.02. The third-order valence-corrected chi connectivity index (χ3v) is 5.45. The van der Waals surface area contributed by atoms with Crippen LogP contribution in [0.2, 0.25) is 0 Å². The molecule has 2 aromatic heterocycles. The van der Waals surface area contributed by atoms with Gasteiger partial charge in [0.2, 0.25) is 0 Å². The summed E-state index contributed by atoms with van der Waals surface area (Å²) in [4.78, 5) is 15.1. The van der Waals surface area contributed by atoms with Crippen molar-refractivity contribution in [3.63, 3.8) is 0 Å². The van der Waals surface area contributed by atoms with Crippen LogP contribution in [-0.2, 0) is 4.74 Å². The fraction of sp³-hybridized carbons (Fsp3) is 0.333. The standard InChI is InChI=1S/C18H20N4O2S/c1-2-19-18(23)15-11-14-17(25-15)16(21-20-14)12-3-5-13(6-4-12)22-7-9-24-10-8-22/h3-6,11H,2,7-10H2,1H3,(H,19,23)(H,20,21). The molecule has 1 saturated heterocycles. The zero-order valence-electron chi connectivity index (χ0n) is 14.0. The molecule has 1 aromatic carbocycles. The predicted octanol–water partition coefficient (Wildman–Crippen LogP) is 2.88. The van der Waals surface area contributed by atoms with Crippen LogP contribution in [0.1, 0.15) is 16.6 Å². The SMILES string of the molecule is CCNC(=O)c1cc2[nH]nc(-c3ccc(N4CCOCC4)cc3)c2s1. The number of amides is 1. The lowest BCUT2D eigenvalue weighted by Crippen LogP contribution is -2.36. The highest BCUT2D eigenvalue weighted by molar-refractivity contribution is 7.21. The molecule has 0 radical (unpaired) electrons. The lowest BCUT2D eigenvalue weighted by atomic mass is 10.1. The molecule has 3 heterocycles. The van der Waals surface area contributed by atoms with Crippen molar-refractivity contribution in [2.45, 2.75) is 6.92 Å². The maximum absolute atomic E-state index is 12.0. The Morgan fingerprint density at radius 2 is 2.08 bits per heavy atom. The maximum Gasteiger partial charge on any atom is 0.261 e. The topological polar surface area (TPSA) is 70.2 Å². The molecule has 130 valence electrons. The number of hydrogen-bond acceptors (Lipinski definition) is 5. The number of fused-ring (bicyclic) bond motifs is 1. The number of anilines is 1. The van der Waals surface area contributed by atoms with Crippen LogP contribution >= 0.6 is 11.3 Å². The number of benzene rings is 1. The van der Waals surface area contributed by atoms with Crippen LogP contribution in [0.15, 0.2) is 30.3 Å². The zero-order chi connectivity index (χ0) is 17.2. The molecule has 6 nitrogen and oxygen atoms in total. The second-order valence-electron chi connectivity index (χ2n) is 5.93. The second-order valence-corrected chi connectivity index (χ2v) is 6.98. The molecule has 3 aromatic rings. The van der Waals surface area contributed by atoms with E-state index in [1.54, 1.807) is 0 Å². The number of carbonyl (C=O) groups excluding carboxylic acids is 1. The van der Waals surface area contributed by atoms with Crippen molar-refractivity contribution in [3.8, 4) is 11.3 Å². The first-order chi connectivity index (χ1) is 12.3. The molecular formula is C18H20N4O2S. The van der Waals surface area contributed by atoms with Gasteiger partial charge in [0.15, 0.2) is 0 Å². The quantitative estimate of drug-likeness (QED) is 0.754. The molecule has 1 aliphatic rings. The normalized spacial score (nSPS) is 14.8. The van der Waals surface area contributed by atoms with Gasteiger partial charge in [-0.1, -0.05) is 12.1 Å². The molecule has 4 rings (SSSR count). The van der Waals surface area contributed by atoms with Crippen molar-refractivity contribution in [2.24, 2.45) is 0 Å². The number of aromatic nitrogens is 2. The van der Waals surface area contributed by atoms with E-state index in [1.807, 2.05) is 13.0 Å². The van der Waals surface area contributed by atoms with Crippen molar-refractivity contribution in [2.75, 3.05) is 37.7 Å². The van der Waals surface area contributed by atoms with Gasteiger partial charge in [0, 0.05) is 30.9 Å². The predicted molar refractivity (Wildman–Crippen MR) is 100 cm³/mol. The third kappa shape index (κ3) is 3.12. The van der Waals surface area contributed by atoms with E-state index in [-0.39, 0.29) is 5.91 Å². The number of hydrogen-bond donors (Lipinski definition) is 2. The number of aromatic amines is 1. The molecule has 0 unspecified atom stereocenters. The summed E-state index contributed by atoms with van der Waals surface area (Å²) in [6, 6.07) is 10.3. The van der Waals surface area contributed by atoms with Gasteiger partial charge in [-0.3, -0.25) is 9.89 Å². The number of thiophene rings is 1. The van der Waals surface area contributed by atoms with E-state index >= 15 is 0 Å². The summed E-state index contributed by atoms with van der Waals surface area (Å²) in [5, 5.41) is 10.3. The molecule has 25 heavy (non-hydrogen) atoms. The van der Waals surface area contributed by atoms with Crippen LogP contribution in [-0.4, -0.2) is 49.0 Å². The van der Waals surface area contributed by atoms with Gasteiger partial charge in [0.25, 0.3) is 5.91 Å². The van der Waals surface area contributed by atoms with Crippen LogP contribution in [0.4, 0.5) is 5.69 Å². The van der Waals surface area contributed by atoms with Gasteiger partial charge in [-0.05, 0) is 25.1 Å². The molecule has 0 spiro atoms. The first-order valence-electron chi connectivity index (χ1n) is 8.45. The van der Waals surface area contributed by atoms with Crippen molar-refractivity contribution in [3.05, 3.63) is 35.2 Å². The van der Waals surface area contributed by atoms with Crippen LogP contribution < -0.4 is 10.2 Å². The summed E-state index contributed by atoms with van der Waals surface area (Å²) < 4.78 is 6.42. The van der Waals surface area contributed by atoms with E-state index in [4.69, 9.17) is 4.74 Å². The van der Waals surface area contributed by atoms with E-state index in [0.717, 1.165) is 47.8 Å². The average molecular weight is 356 g/mol. The summed E-state index contributed by atoms with van der Waals surface area (Å²) in [5.41, 5.74) is 4.04. The zero-order valence-corrected chi connectivity index (χ0v) is 14.9. The Balaban J connectivity index is 1.61. The highest BCUT2D eigenvalue weighted by atomic mass is 32.1. The van der Waals surface area contributed by atoms with Gasteiger partial charge in [-0.2, -0.15) is 5.10 Å². The Kier molecular flexibility index (Phi) is 4.42. The monoisotopic (exact) mass is 356 g/mol. The number of morpholine rings is 1. The lowest BCUT2D eigenvalue weighted by molar-refractivity contribution is 0.0960. The second kappa shape index (κ2) is 6.85. The summed E-state index contributed by atoms with van der Waals surface area (Å²) in [6.07, 6.45) is 0. The Bertz CT molecular complexity index is 878. The van der Waals surface area contributed by atoms with Gasteiger partial charge < -0.3 is 15.0 Å². The maximum atomic E-state index is 12.0. The van der Waals surface area contributed by atoms with E-state index in [0.29, 0.717) is 11.4 Å². The van der Waals surface area contributed by atoms with Crippen molar-refractivity contribution < 1.29 is 9.53 Å². The number of H-pyrrole nitrogens is 1. The summed E-state index contributed by atoms with van der Waals surface area (Å²) in [7, 11) is 0. The highest BCUT2D eigenvalue weighted by Gasteiger charge is 2.16. The van der Waals surface area contributed by atoms with Crippen molar-refractivity contribution in [1.29, 1.82) is 0 Å². The minimum Gasteiger partial charge on any atom is -0.378 e. The number of ether oxygens (including phenoxy) is 1. The van der Waals surface area contributed by atoms with Crippen LogP contribution in [0.25, 0.3) is 21.5 Å². The Morgan fingerprint density at radius 3 is 2.80 bits per heavy atom. The molecule has 0 saturated carbocycles. The number of nitrogens with zero attached hydrogens (tertiary/aromatic N) is 2. The number of rotatable bonds is 4. The molecule has 7 heteroatoms. The molecule has 2 N–H and O–H groups in total. The van der Waals surface area contributed by atoms with Gasteiger partial charge in [0.1, 0.15) is 5.69 Å². The molecule has 0 bridgehead atoms. The highest BCUT2D eigenvalue weighted by Crippen LogP contribution is 2.33. The van der Waals surface area contributed by atoms with E-state index < -0.39 is 0 Å². The Labute approximate surface area is 149 Å². The molecule has 0 atom stereocenters. The largest absolute Gasteiger partial charge is 0.378 e. The molecule has 1 fully saturated rings. The molecule has 1 amide bonds. The average Bonchev–Trinajstić information content (AvgIpc) is 3.24. The van der Waals surface area contributed by atoms with E-state index in [2.05, 4.69) is 44.7 Å². The van der Waals surface area contributed by atoms with Gasteiger partial charge in [-0.15, -0.1) is 11.3 Å². The first kappa shape index (κ1) is 16.1. The van der Waals surface area contributed by atoms with E-state index in [9.17, 15) is 4.79 Å². The smallest absolute Gasteiger partial charge is 0.261 e. The minimum atomic E-state index is -0.0364. The lowest BCUT2D eigenvalue weighted by Gasteiger charge is -2.28. The first-order valence-corrected chi connectivity index (χ1v) is 9.27. The molecule has 1 aliphatic heterocycles. The van der Waals surface area contributed by atoms with Gasteiger partial charge in [-0.25, -0.2) is 0 Å². The summed E-state index contributed by atoms with van der Waals surface area (Å²) >= 11 is 1.47. The van der Waals surface area contributed by atoms with Crippen LogP contribution in [0.3, 0.4) is 0 Å².